The number of fused-ring (bicyclic) bond motifs is 5. The fourth-order valence-electron chi connectivity index (χ4n) is 12.0. The quantitative estimate of drug-likeness (QED) is 0.111. The molecule has 17 heteroatoms. The Balaban J connectivity index is 1.20. The number of amides is 2. The number of guanidine groups is 1. The van der Waals surface area contributed by atoms with Crippen molar-refractivity contribution in [2.45, 2.75) is 116 Å². The number of carbonyl (C=O) groups is 3. The number of benzene rings is 2. The maximum Gasteiger partial charge on any atom is 0.416 e. The van der Waals surface area contributed by atoms with Crippen LogP contribution in [0.1, 0.15) is 96.1 Å². The van der Waals surface area contributed by atoms with Crippen LogP contribution < -0.4 is 21.3 Å². The Morgan fingerprint density at radius 2 is 1.45 bits per heavy atom. The van der Waals surface area contributed by atoms with Crippen LogP contribution in [0.25, 0.3) is 0 Å². The molecule has 0 radical (unpaired) electrons. The van der Waals surface area contributed by atoms with Gasteiger partial charge >= 0.3 is 30.5 Å². The molecule has 5 aliphatic rings. The number of methoxy groups -OCH3 is 1. The first-order chi connectivity index (χ1) is 29.3. The molecule has 4 saturated carbocycles. The van der Waals surface area contributed by atoms with E-state index in [-0.39, 0.29) is 70.7 Å². The second-order valence-corrected chi connectivity index (χ2v) is 18.5. The minimum Gasteiger partial charge on any atom is -0.469 e. The zero-order valence-corrected chi connectivity index (χ0v) is 35.5. The minimum absolute atomic E-state index is 0.00295. The standard InChI is InChI=1S/C45H57F6N5O6/c1-25(6-17-37(57)60-4)32-15-16-33-38-34(24-36(43(32,33)3)62-41(59)56-30-13-9-27(10-14-30)45(49,50)51)42(2)19-18-31(54-39-52-20-5-21-53-39)22-28(42)23-35(38)61-40(58)55-29-11-7-26(8-12-29)44(46,47)48/h7-14,25,28,31-36,38H,5-6,15-24H2,1-4H3,(H,55,58)(H,56,59)(H2,52,53,54)/t25-,28+,31-,32-,33+,34+,35-,36+,38+,42+,43-/m1/s1. The number of halogens is 6. The van der Waals surface area contributed by atoms with Crippen LogP contribution in [-0.4, -0.2) is 62.6 Å². The van der Waals surface area contributed by atoms with Gasteiger partial charge in [-0.15, -0.1) is 0 Å². The molecule has 62 heavy (non-hydrogen) atoms. The maximum atomic E-state index is 13.9. The van der Waals surface area contributed by atoms with Gasteiger partial charge in [-0.3, -0.25) is 20.4 Å². The molecular weight excluding hydrogens is 821 g/mol. The van der Waals surface area contributed by atoms with E-state index in [2.05, 4.69) is 47.0 Å². The summed E-state index contributed by atoms with van der Waals surface area (Å²) in [5.74, 6) is 0.0703. The second-order valence-electron chi connectivity index (χ2n) is 18.5. The summed E-state index contributed by atoms with van der Waals surface area (Å²) in [4.78, 5) is 44.6. The van der Waals surface area contributed by atoms with E-state index in [1.165, 1.54) is 31.4 Å². The van der Waals surface area contributed by atoms with Gasteiger partial charge in [0.05, 0.1) is 18.2 Å². The number of hydrogen-bond acceptors (Lipinski definition) is 9. The van der Waals surface area contributed by atoms with Crippen LogP contribution in [-0.2, 0) is 31.4 Å². The highest BCUT2D eigenvalue weighted by Gasteiger charge is 2.68. The number of anilines is 2. The third kappa shape index (κ3) is 9.46. The molecule has 0 spiro atoms. The van der Waals surface area contributed by atoms with E-state index in [0.29, 0.717) is 19.3 Å². The number of esters is 1. The Labute approximate surface area is 357 Å². The second kappa shape index (κ2) is 17.8. The molecule has 4 aliphatic carbocycles. The number of alkyl halides is 6. The number of hydrogen-bond donors (Lipinski definition) is 4. The van der Waals surface area contributed by atoms with Crippen molar-refractivity contribution in [3.05, 3.63) is 59.7 Å². The maximum absolute atomic E-state index is 13.9. The van der Waals surface area contributed by atoms with Gasteiger partial charge in [0.15, 0.2) is 5.96 Å². The van der Waals surface area contributed by atoms with Gasteiger partial charge in [-0.25, -0.2) is 9.59 Å². The van der Waals surface area contributed by atoms with Gasteiger partial charge < -0.3 is 24.8 Å². The highest BCUT2D eigenvalue weighted by Crippen LogP contribution is 2.69. The Bertz CT molecular complexity index is 1960. The summed E-state index contributed by atoms with van der Waals surface area (Å²) >= 11 is 0. The Kier molecular flexibility index (Phi) is 13.0. The van der Waals surface area contributed by atoms with Crippen LogP contribution in [0.15, 0.2) is 53.5 Å². The van der Waals surface area contributed by atoms with Crippen molar-refractivity contribution >= 4 is 35.5 Å². The van der Waals surface area contributed by atoms with Crippen molar-refractivity contribution in [3.63, 3.8) is 0 Å². The molecule has 0 bridgehead atoms. The normalized spacial score (nSPS) is 32.3. The molecule has 11 nitrogen and oxygen atoms in total. The van der Waals surface area contributed by atoms with Gasteiger partial charge in [0.25, 0.3) is 0 Å². The summed E-state index contributed by atoms with van der Waals surface area (Å²) in [6.07, 6.45) is -5.32. The summed E-state index contributed by atoms with van der Waals surface area (Å²) in [6.45, 7) is 8.03. The SMILES string of the molecule is COC(=O)CC[C@@H](C)[C@H]1CC[C@H]2[C@@H]3[C@H](OC(=O)Nc4ccc(C(F)(F)F)cc4)C[C@@H]4C[C@H](NC5=NCCCN5)CC[C@]4(C)[C@H]3C[C@H](OC(=O)Nc3ccc(C(F)(F)F)cc3)[C@]12C. The monoisotopic (exact) mass is 877 g/mol. The van der Waals surface area contributed by atoms with Crippen LogP contribution in [0.5, 0.6) is 0 Å². The number of carbonyl (C=O) groups excluding carboxylic acids is 3. The predicted octanol–water partition coefficient (Wildman–Crippen LogP) is 10.0. The van der Waals surface area contributed by atoms with Crippen molar-refractivity contribution in [1.29, 1.82) is 0 Å². The molecule has 1 heterocycles. The third-order valence-electron chi connectivity index (χ3n) is 15.2. The lowest BCUT2D eigenvalue weighted by Crippen LogP contribution is -2.64. The Morgan fingerprint density at radius 3 is 2.02 bits per heavy atom. The average molecular weight is 878 g/mol. The van der Waals surface area contributed by atoms with Crippen molar-refractivity contribution < 1.29 is 54.9 Å². The lowest BCUT2D eigenvalue weighted by molar-refractivity contribution is -0.200. The third-order valence-corrected chi connectivity index (χ3v) is 15.2. The van der Waals surface area contributed by atoms with Gasteiger partial charge in [-0.1, -0.05) is 20.8 Å². The molecule has 2 aromatic carbocycles. The summed E-state index contributed by atoms with van der Waals surface area (Å²) in [5, 5.41) is 12.3. The van der Waals surface area contributed by atoms with Gasteiger partial charge in [0.2, 0.25) is 0 Å². The number of nitrogens with zero attached hydrogens (tertiary/aromatic N) is 1. The van der Waals surface area contributed by atoms with Crippen LogP contribution in [0.3, 0.4) is 0 Å². The molecule has 4 N–H and O–H groups in total. The predicted molar refractivity (Wildman–Crippen MR) is 219 cm³/mol. The fourth-order valence-corrected chi connectivity index (χ4v) is 12.0. The van der Waals surface area contributed by atoms with Gasteiger partial charge in [0.1, 0.15) is 12.2 Å². The molecule has 2 aromatic rings. The van der Waals surface area contributed by atoms with Gasteiger partial charge in [-0.05, 0) is 141 Å². The topological polar surface area (TPSA) is 139 Å². The van der Waals surface area contributed by atoms with E-state index in [1.54, 1.807) is 0 Å². The first-order valence-electron chi connectivity index (χ1n) is 21.7. The highest BCUT2D eigenvalue weighted by atomic mass is 19.4. The van der Waals surface area contributed by atoms with Crippen molar-refractivity contribution in [2.24, 2.45) is 51.3 Å². The van der Waals surface area contributed by atoms with Crippen molar-refractivity contribution in [3.8, 4) is 0 Å². The number of rotatable bonds is 9. The van der Waals surface area contributed by atoms with Crippen LogP contribution in [0, 0.1) is 46.3 Å². The lowest BCUT2D eigenvalue weighted by atomic mass is 9.43. The first-order valence-corrected chi connectivity index (χ1v) is 21.7. The summed E-state index contributed by atoms with van der Waals surface area (Å²) in [6, 6.07) is 8.44. The number of ether oxygens (including phenoxy) is 3. The smallest absolute Gasteiger partial charge is 0.416 e. The molecular formula is C45H57F6N5O6. The molecule has 0 aromatic heterocycles. The largest absolute Gasteiger partial charge is 0.469 e. The minimum atomic E-state index is -4.54. The fraction of sp³-hybridized carbons (Fsp3) is 0.644. The molecule has 0 saturated heterocycles. The van der Waals surface area contributed by atoms with Crippen molar-refractivity contribution in [1.82, 2.24) is 10.6 Å². The van der Waals surface area contributed by atoms with Crippen LogP contribution in [0.2, 0.25) is 0 Å². The lowest BCUT2D eigenvalue weighted by Gasteiger charge is -2.64. The molecule has 4 fully saturated rings. The number of aliphatic imine (C=N–C) groups is 1. The van der Waals surface area contributed by atoms with E-state index < -0.39 is 53.3 Å². The van der Waals surface area contributed by atoms with E-state index in [4.69, 9.17) is 14.2 Å². The average Bonchev–Trinajstić information content (AvgIpc) is 3.58. The van der Waals surface area contributed by atoms with Crippen LogP contribution >= 0.6 is 0 Å². The molecule has 1 aliphatic heterocycles. The van der Waals surface area contributed by atoms with E-state index in [0.717, 1.165) is 81.8 Å². The zero-order valence-electron chi connectivity index (χ0n) is 35.5. The summed E-state index contributed by atoms with van der Waals surface area (Å²) in [7, 11) is 1.34. The van der Waals surface area contributed by atoms with Gasteiger partial charge in [0, 0.05) is 48.3 Å². The Morgan fingerprint density at radius 1 is 0.839 bits per heavy atom. The molecule has 340 valence electrons. The Hall–Kier alpha value is -4.70. The molecule has 0 unspecified atom stereocenters. The number of nitrogens with one attached hydrogen (secondary N) is 4. The van der Waals surface area contributed by atoms with E-state index >= 15 is 0 Å². The van der Waals surface area contributed by atoms with E-state index in [1.807, 2.05) is 0 Å². The van der Waals surface area contributed by atoms with Crippen molar-refractivity contribution in [2.75, 3.05) is 30.8 Å². The molecule has 2 amide bonds. The zero-order chi connectivity index (χ0) is 44.6. The highest BCUT2D eigenvalue weighted by molar-refractivity contribution is 5.85. The molecule has 7 rings (SSSR count). The van der Waals surface area contributed by atoms with E-state index in [9.17, 15) is 40.7 Å². The summed E-state index contributed by atoms with van der Waals surface area (Å²) < 4.78 is 97.7. The summed E-state index contributed by atoms with van der Waals surface area (Å²) in [5.41, 5.74) is -2.33. The van der Waals surface area contributed by atoms with Crippen LogP contribution in [0.4, 0.5) is 47.3 Å². The first kappa shape index (κ1) is 45.3. The van der Waals surface area contributed by atoms with Gasteiger partial charge in [-0.2, -0.15) is 26.3 Å². The molecule has 11 atom stereocenters.